The number of rotatable bonds is 9. The third-order valence-corrected chi connectivity index (χ3v) is 2.65. The van der Waals surface area contributed by atoms with Gasteiger partial charge in [0.05, 0.1) is 7.11 Å². The molecule has 0 rings (SSSR count). The first-order chi connectivity index (χ1) is 9.42. The Morgan fingerprint density at radius 3 is 2.45 bits per heavy atom. The maximum absolute atomic E-state index is 11.8. The van der Waals surface area contributed by atoms with E-state index in [1.165, 1.54) is 12.0 Å². The highest BCUT2D eigenvalue weighted by Gasteiger charge is 2.22. The predicted octanol–water partition coefficient (Wildman–Crippen LogP) is 0.0707. The third-order valence-electron chi connectivity index (χ3n) is 2.65. The number of methoxy groups -OCH3 is 2. The van der Waals surface area contributed by atoms with E-state index in [4.69, 9.17) is 9.84 Å². The minimum atomic E-state index is -1.19. The molecule has 0 aromatic rings. The largest absolute Gasteiger partial charge is 0.480 e. The van der Waals surface area contributed by atoms with Gasteiger partial charge in [0.2, 0.25) is 0 Å². The highest BCUT2D eigenvalue weighted by molar-refractivity contribution is 5.83. The molecule has 0 aliphatic carbocycles. The first-order valence-corrected chi connectivity index (χ1v) is 6.22. The number of nitrogens with zero attached hydrogens (tertiary/aromatic N) is 1. The molecule has 0 radical (unpaired) electrons. The van der Waals surface area contributed by atoms with Gasteiger partial charge in [-0.3, -0.25) is 4.79 Å². The maximum Gasteiger partial charge on any atom is 0.326 e. The van der Waals surface area contributed by atoms with Crippen molar-refractivity contribution in [3.8, 4) is 0 Å². The Morgan fingerprint density at radius 2 is 1.95 bits per heavy atom. The van der Waals surface area contributed by atoms with Gasteiger partial charge in [0.25, 0.3) is 0 Å². The molecule has 0 heterocycles. The number of carboxylic acid groups (broad SMARTS) is 1. The number of hydrogen-bond acceptors (Lipinski definition) is 5. The van der Waals surface area contributed by atoms with Crippen LogP contribution in [0.5, 0.6) is 0 Å². The number of nitrogens with one attached hydrogen (secondary N) is 1. The van der Waals surface area contributed by atoms with E-state index in [2.05, 4.69) is 10.1 Å². The van der Waals surface area contributed by atoms with E-state index in [0.717, 1.165) is 0 Å². The average Bonchev–Trinajstić information content (AvgIpc) is 2.42. The monoisotopic (exact) mass is 290 g/mol. The summed E-state index contributed by atoms with van der Waals surface area (Å²) in [6, 6.07) is -1.62. The standard InChI is InChI=1S/C12H22N2O6/c1-14(7-4-8-19-2)12(18)13-9(11(16)17)5-6-10(15)20-3/h9H,4-8H2,1-3H3,(H,13,18)(H,16,17)/t9-/m0/s1. The molecule has 0 aliphatic heterocycles. The van der Waals surface area contributed by atoms with E-state index >= 15 is 0 Å². The molecule has 8 heteroatoms. The summed E-state index contributed by atoms with van der Waals surface area (Å²) < 4.78 is 9.29. The van der Waals surface area contributed by atoms with Gasteiger partial charge in [-0.25, -0.2) is 9.59 Å². The molecule has 0 unspecified atom stereocenters. The fourth-order valence-corrected chi connectivity index (χ4v) is 1.43. The molecule has 0 fully saturated rings. The van der Waals surface area contributed by atoms with Crippen LogP contribution in [-0.4, -0.2) is 68.4 Å². The number of aliphatic carboxylic acids is 1. The maximum atomic E-state index is 11.8. The second-order valence-electron chi connectivity index (χ2n) is 4.22. The van der Waals surface area contributed by atoms with Gasteiger partial charge in [0.15, 0.2) is 0 Å². The summed E-state index contributed by atoms with van der Waals surface area (Å²) in [4.78, 5) is 35.1. The van der Waals surface area contributed by atoms with E-state index in [1.54, 1.807) is 14.2 Å². The second-order valence-corrected chi connectivity index (χ2v) is 4.22. The number of carbonyl (C=O) groups is 3. The van der Waals surface area contributed by atoms with Crippen LogP contribution < -0.4 is 5.32 Å². The van der Waals surface area contributed by atoms with E-state index in [-0.39, 0.29) is 12.8 Å². The number of urea groups is 1. The Morgan fingerprint density at radius 1 is 1.30 bits per heavy atom. The lowest BCUT2D eigenvalue weighted by atomic mass is 10.1. The summed E-state index contributed by atoms with van der Waals surface area (Å²) in [5.74, 6) is -1.70. The minimum absolute atomic E-state index is 0.0142. The second kappa shape index (κ2) is 10.0. The van der Waals surface area contributed by atoms with Crippen LogP contribution in [0.4, 0.5) is 4.79 Å². The number of amides is 2. The van der Waals surface area contributed by atoms with Crippen molar-refractivity contribution in [2.24, 2.45) is 0 Å². The predicted molar refractivity (Wildman–Crippen MR) is 70.3 cm³/mol. The fourth-order valence-electron chi connectivity index (χ4n) is 1.43. The topological polar surface area (TPSA) is 105 Å². The molecule has 116 valence electrons. The summed E-state index contributed by atoms with van der Waals surface area (Å²) in [6.07, 6.45) is 0.571. The Bertz CT molecular complexity index is 334. The Balaban J connectivity index is 4.25. The highest BCUT2D eigenvalue weighted by atomic mass is 16.5. The molecule has 2 N–H and O–H groups in total. The molecule has 0 saturated heterocycles. The summed E-state index contributed by atoms with van der Waals surface area (Å²) >= 11 is 0. The van der Waals surface area contributed by atoms with Crippen molar-refractivity contribution in [2.75, 3.05) is 34.4 Å². The van der Waals surface area contributed by atoms with Crippen LogP contribution in [0.1, 0.15) is 19.3 Å². The van der Waals surface area contributed by atoms with Gasteiger partial charge in [0.1, 0.15) is 6.04 Å². The molecule has 8 nitrogen and oxygen atoms in total. The fraction of sp³-hybridized carbons (Fsp3) is 0.750. The van der Waals surface area contributed by atoms with Crippen LogP contribution in [0.25, 0.3) is 0 Å². The van der Waals surface area contributed by atoms with Crippen molar-refractivity contribution in [1.29, 1.82) is 0 Å². The van der Waals surface area contributed by atoms with E-state index < -0.39 is 24.0 Å². The van der Waals surface area contributed by atoms with Crippen molar-refractivity contribution < 1.29 is 29.0 Å². The molecule has 0 bridgehead atoms. The summed E-state index contributed by atoms with van der Waals surface area (Å²) in [7, 11) is 4.35. The molecular weight excluding hydrogens is 268 g/mol. The molecule has 20 heavy (non-hydrogen) atoms. The van der Waals surface area contributed by atoms with Crippen LogP contribution >= 0.6 is 0 Å². The quantitative estimate of drug-likeness (QED) is 0.460. The molecule has 2 amide bonds. The van der Waals surface area contributed by atoms with Crippen molar-refractivity contribution in [3.05, 3.63) is 0 Å². The van der Waals surface area contributed by atoms with Gasteiger partial charge >= 0.3 is 18.0 Å². The molecule has 0 spiro atoms. The number of esters is 1. The molecule has 1 atom stereocenters. The highest BCUT2D eigenvalue weighted by Crippen LogP contribution is 2.01. The van der Waals surface area contributed by atoms with Crippen LogP contribution in [0.15, 0.2) is 0 Å². The zero-order valence-corrected chi connectivity index (χ0v) is 12.0. The van der Waals surface area contributed by atoms with Crippen LogP contribution in [0, 0.1) is 0 Å². The van der Waals surface area contributed by atoms with Crippen molar-refractivity contribution in [1.82, 2.24) is 10.2 Å². The van der Waals surface area contributed by atoms with Crippen molar-refractivity contribution >= 4 is 18.0 Å². The summed E-state index contributed by atoms with van der Waals surface area (Å²) in [6.45, 7) is 0.964. The number of carbonyl (C=O) groups excluding carboxylic acids is 2. The summed E-state index contributed by atoms with van der Waals surface area (Å²) in [5, 5.41) is 11.4. The molecule has 0 aliphatic rings. The summed E-state index contributed by atoms with van der Waals surface area (Å²) in [5.41, 5.74) is 0. The zero-order chi connectivity index (χ0) is 15.5. The lowest BCUT2D eigenvalue weighted by molar-refractivity contribution is -0.142. The lowest BCUT2D eigenvalue weighted by Crippen LogP contribution is -2.47. The van der Waals surface area contributed by atoms with Crippen LogP contribution in [0.3, 0.4) is 0 Å². The average molecular weight is 290 g/mol. The third kappa shape index (κ3) is 7.57. The first kappa shape index (κ1) is 18.2. The zero-order valence-electron chi connectivity index (χ0n) is 12.0. The Hall–Kier alpha value is -1.83. The van der Waals surface area contributed by atoms with Crippen molar-refractivity contribution in [2.45, 2.75) is 25.3 Å². The van der Waals surface area contributed by atoms with Crippen molar-refractivity contribution in [3.63, 3.8) is 0 Å². The van der Waals surface area contributed by atoms with Gasteiger partial charge in [-0.2, -0.15) is 0 Å². The molecule has 0 aromatic heterocycles. The smallest absolute Gasteiger partial charge is 0.326 e. The van der Waals surface area contributed by atoms with E-state index in [1.807, 2.05) is 0 Å². The SMILES string of the molecule is COCCCN(C)C(=O)N[C@@H](CCC(=O)OC)C(=O)O. The number of ether oxygens (including phenoxy) is 2. The van der Waals surface area contributed by atoms with E-state index in [9.17, 15) is 14.4 Å². The first-order valence-electron chi connectivity index (χ1n) is 6.22. The molecule has 0 saturated carbocycles. The van der Waals surface area contributed by atoms with E-state index in [0.29, 0.717) is 19.6 Å². The van der Waals surface area contributed by atoms with Gasteiger partial charge < -0.3 is 24.8 Å². The van der Waals surface area contributed by atoms with Gasteiger partial charge in [-0.15, -0.1) is 0 Å². The number of carboxylic acids is 1. The lowest BCUT2D eigenvalue weighted by Gasteiger charge is -2.21. The van der Waals surface area contributed by atoms with Gasteiger partial charge in [0, 0.05) is 33.7 Å². The van der Waals surface area contributed by atoms with Gasteiger partial charge in [-0.05, 0) is 12.8 Å². The van der Waals surface area contributed by atoms with Gasteiger partial charge in [-0.1, -0.05) is 0 Å². The normalized spacial score (nSPS) is 11.6. The van der Waals surface area contributed by atoms with Crippen LogP contribution in [0.2, 0.25) is 0 Å². The minimum Gasteiger partial charge on any atom is -0.480 e. The Labute approximate surface area is 118 Å². The van der Waals surface area contributed by atoms with Crippen LogP contribution in [-0.2, 0) is 19.1 Å². The Kier molecular flexibility index (Phi) is 9.10. The molecular formula is C12H22N2O6. The molecule has 0 aromatic carbocycles. The number of hydrogen-bond donors (Lipinski definition) is 2.